The number of nitrogens with one attached hydrogen (secondary N) is 1. The number of aryl methyl sites for hydroxylation is 1. The summed E-state index contributed by atoms with van der Waals surface area (Å²) in [6.45, 7) is 7.30. The third-order valence-corrected chi connectivity index (χ3v) is 4.39. The number of carbonyl (C=O) groups excluding carboxylic acids is 2. The molecule has 2 amide bonds. The van der Waals surface area contributed by atoms with Gasteiger partial charge in [-0.15, -0.1) is 0 Å². The standard InChI is InChI=1S/C19H26N2O4/c1-19(2,3)25-18(23)21-9-4-5-13-6-7-15(11-16(13)21)20-17(22)14-8-10-24-12-14/h6-7,11,14H,4-5,8-10,12H2,1-3H3,(H,20,22). The largest absolute Gasteiger partial charge is 0.443 e. The van der Waals surface area contributed by atoms with Gasteiger partial charge in [-0.25, -0.2) is 4.79 Å². The molecule has 0 bridgehead atoms. The maximum Gasteiger partial charge on any atom is 0.414 e. The minimum atomic E-state index is -0.539. The number of nitrogens with zero attached hydrogens (tertiary/aromatic N) is 1. The molecule has 0 aromatic heterocycles. The van der Waals surface area contributed by atoms with Gasteiger partial charge in [0.1, 0.15) is 5.60 Å². The molecule has 25 heavy (non-hydrogen) atoms. The van der Waals surface area contributed by atoms with Crippen molar-refractivity contribution in [1.82, 2.24) is 0 Å². The van der Waals surface area contributed by atoms with Gasteiger partial charge in [0.25, 0.3) is 0 Å². The number of hydrogen-bond acceptors (Lipinski definition) is 4. The fourth-order valence-corrected chi connectivity index (χ4v) is 3.14. The molecule has 0 aliphatic carbocycles. The molecule has 2 aliphatic heterocycles. The number of carbonyl (C=O) groups is 2. The number of anilines is 2. The fraction of sp³-hybridized carbons (Fsp3) is 0.579. The Morgan fingerprint density at radius 1 is 1.32 bits per heavy atom. The topological polar surface area (TPSA) is 67.9 Å². The average Bonchev–Trinajstić information content (AvgIpc) is 3.07. The number of benzene rings is 1. The molecule has 0 saturated carbocycles. The van der Waals surface area contributed by atoms with E-state index in [1.807, 2.05) is 39.0 Å². The summed E-state index contributed by atoms with van der Waals surface area (Å²) in [5.74, 6) is -0.130. The maximum absolute atomic E-state index is 12.5. The van der Waals surface area contributed by atoms with Crippen molar-refractivity contribution in [3.8, 4) is 0 Å². The highest BCUT2D eigenvalue weighted by molar-refractivity contribution is 5.95. The lowest BCUT2D eigenvalue weighted by atomic mass is 10.0. The molecule has 1 saturated heterocycles. The van der Waals surface area contributed by atoms with Gasteiger partial charge in [0.05, 0.1) is 18.2 Å². The Labute approximate surface area is 148 Å². The third-order valence-electron chi connectivity index (χ3n) is 4.39. The van der Waals surface area contributed by atoms with E-state index in [-0.39, 0.29) is 17.9 Å². The van der Waals surface area contributed by atoms with Gasteiger partial charge < -0.3 is 14.8 Å². The number of ether oxygens (including phenoxy) is 2. The fourth-order valence-electron chi connectivity index (χ4n) is 3.14. The van der Waals surface area contributed by atoms with Gasteiger partial charge in [0.15, 0.2) is 0 Å². The van der Waals surface area contributed by atoms with Crippen LogP contribution in [0.3, 0.4) is 0 Å². The van der Waals surface area contributed by atoms with Crippen molar-refractivity contribution in [3.63, 3.8) is 0 Å². The van der Waals surface area contributed by atoms with E-state index in [4.69, 9.17) is 9.47 Å². The van der Waals surface area contributed by atoms with Gasteiger partial charge in [0.2, 0.25) is 5.91 Å². The lowest BCUT2D eigenvalue weighted by Crippen LogP contribution is -2.39. The van der Waals surface area contributed by atoms with E-state index >= 15 is 0 Å². The van der Waals surface area contributed by atoms with E-state index < -0.39 is 5.60 Å². The van der Waals surface area contributed by atoms with Crippen LogP contribution in [0.1, 0.15) is 39.2 Å². The second-order valence-corrected chi connectivity index (χ2v) is 7.63. The van der Waals surface area contributed by atoms with Crippen LogP contribution in [0.4, 0.5) is 16.2 Å². The summed E-state index contributed by atoms with van der Waals surface area (Å²) in [6.07, 6.45) is 2.22. The minimum Gasteiger partial charge on any atom is -0.443 e. The molecular formula is C19H26N2O4. The third kappa shape index (κ3) is 4.31. The Hall–Kier alpha value is -2.08. The van der Waals surface area contributed by atoms with Gasteiger partial charge in [-0.2, -0.15) is 0 Å². The predicted octanol–water partition coefficient (Wildman–Crippen LogP) is 3.35. The van der Waals surface area contributed by atoms with Crippen LogP contribution in [0.25, 0.3) is 0 Å². The van der Waals surface area contributed by atoms with Crippen molar-refractivity contribution >= 4 is 23.4 Å². The summed E-state index contributed by atoms with van der Waals surface area (Å²) in [6, 6.07) is 5.74. The first kappa shape index (κ1) is 17.7. The highest BCUT2D eigenvalue weighted by Gasteiger charge is 2.28. The van der Waals surface area contributed by atoms with Gasteiger partial charge in [0, 0.05) is 18.8 Å². The van der Waals surface area contributed by atoms with E-state index in [0.29, 0.717) is 25.4 Å². The van der Waals surface area contributed by atoms with Crippen LogP contribution >= 0.6 is 0 Å². The van der Waals surface area contributed by atoms with Gasteiger partial charge in [-0.05, 0) is 57.7 Å². The average molecular weight is 346 g/mol. The summed E-state index contributed by atoms with van der Waals surface area (Å²) in [5.41, 5.74) is 2.08. The number of amides is 2. The summed E-state index contributed by atoms with van der Waals surface area (Å²) >= 11 is 0. The van der Waals surface area contributed by atoms with Crippen LogP contribution in [0.2, 0.25) is 0 Å². The Bertz CT molecular complexity index is 660. The quantitative estimate of drug-likeness (QED) is 0.892. The van der Waals surface area contributed by atoms with Crippen LogP contribution in [-0.4, -0.2) is 37.4 Å². The minimum absolute atomic E-state index is 0.0305. The van der Waals surface area contributed by atoms with E-state index in [0.717, 1.165) is 30.5 Å². The zero-order valence-corrected chi connectivity index (χ0v) is 15.1. The number of rotatable bonds is 2. The van der Waals surface area contributed by atoms with Crippen LogP contribution < -0.4 is 10.2 Å². The Balaban J connectivity index is 1.77. The Kier molecular flexibility index (Phi) is 4.99. The van der Waals surface area contributed by atoms with Crippen molar-refractivity contribution in [2.45, 2.75) is 45.6 Å². The SMILES string of the molecule is CC(C)(C)OC(=O)N1CCCc2ccc(NC(=O)C3CCOC3)cc21. The van der Waals surface area contributed by atoms with Crippen molar-refractivity contribution in [2.75, 3.05) is 30.0 Å². The van der Waals surface area contributed by atoms with E-state index in [9.17, 15) is 9.59 Å². The summed E-state index contributed by atoms with van der Waals surface area (Å²) in [5, 5.41) is 2.94. The van der Waals surface area contributed by atoms with E-state index in [1.54, 1.807) is 4.90 Å². The zero-order chi connectivity index (χ0) is 18.0. The molecule has 0 radical (unpaired) electrons. The molecule has 1 unspecified atom stereocenters. The van der Waals surface area contributed by atoms with E-state index in [1.165, 1.54) is 0 Å². The Morgan fingerprint density at radius 3 is 2.80 bits per heavy atom. The summed E-state index contributed by atoms with van der Waals surface area (Å²) in [7, 11) is 0. The second-order valence-electron chi connectivity index (χ2n) is 7.63. The molecule has 6 nitrogen and oxygen atoms in total. The molecular weight excluding hydrogens is 320 g/mol. The van der Waals surface area contributed by atoms with Crippen LogP contribution in [0, 0.1) is 5.92 Å². The molecule has 6 heteroatoms. The molecule has 2 aliphatic rings. The number of fused-ring (bicyclic) bond motifs is 1. The highest BCUT2D eigenvalue weighted by atomic mass is 16.6. The van der Waals surface area contributed by atoms with Gasteiger partial charge in [-0.3, -0.25) is 9.69 Å². The smallest absolute Gasteiger partial charge is 0.414 e. The zero-order valence-electron chi connectivity index (χ0n) is 15.1. The van der Waals surface area contributed by atoms with Crippen molar-refractivity contribution in [3.05, 3.63) is 23.8 Å². The predicted molar refractivity (Wildman–Crippen MR) is 95.9 cm³/mol. The number of hydrogen-bond donors (Lipinski definition) is 1. The first-order chi connectivity index (χ1) is 11.8. The molecule has 136 valence electrons. The normalized spacial score (nSPS) is 20.1. The maximum atomic E-state index is 12.5. The highest BCUT2D eigenvalue weighted by Crippen LogP contribution is 2.31. The lowest BCUT2D eigenvalue weighted by Gasteiger charge is -2.32. The molecule has 1 atom stereocenters. The summed E-state index contributed by atoms with van der Waals surface area (Å²) in [4.78, 5) is 26.5. The molecule has 1 fully saturated rings. The first-order valence-electron chi connectivity index (χ1n) is 8.85. The molecule has 1 N–H and O–H groups in total. The molecule has 1 aromatic carbocycles. The Morgan fingerprint density at radius 2 is 2.12 bits per heavy atom. The van der Waals surface area contributed by atoms with Crippen LogP contribution in [-0.2, 0) is 20.7 Å². The van der Waals surface area contributed by atoms with Gasteiger partial charge >= 0.3 is 6.09 Å². The second kappa shape index (κ2) is 7.04. The van der Waals surface area contributed by atoms with Crippen molar-refractivity contribution in [1.29, 1.82) is 0 Å². The summed E-state index contributed by atoms with van der Waals surface area (Å²) < 4.78 is 10.8. The van der Waals surface area contributed by atoms with Crippen LogP contribution in [0.5, 0.6) is 0 Å². The molecule has 2 heterocycles. The monoisotopic (exact) mass is 346 g/mol. The van der Waals surface area contributed by atoms with Gasteiger partial charge in [-0.1, -0.05) is 6.07 Å². The molecule has 3 rings (SSSR count). The van der Waals surface area contributed by atoms with Crippen molar-refractivity contribution < 1.29 is 19.1 Å². The molecule has 0 spiro atoms. The first-order valence-corrected chi connectivity index (χ1v) is 8.85. The van der Waals surface area contributed by atoms with Crippen molar-refractivity contribution in [2.24, 2.45) is 5.92 Å². The lowest BCUT2D eigenvalue weighted by molar-refractivity contribution is -0.119. The van der Waals surface area contributed by atoms with Crippen LogP contribution in [0.15, 0.2) is 18.2 Å². The molecule has 1 aromatic rings. The van der Waals surface area contributed by atoms with E-state index in [2.05, 4.69) is 5.32 Å².